The quantitative estimate of drug-likeness (QED) is 0.919. The van der Waals surface area contributed by atoms with Gasteiger partial charge >= 0.3 is 0 Å². The van der Waals surface area contributed by atoms with Crippen molar-refractivity contribution in [2.75, 3.05) is 7.11 Å². The van der Waals surface area contributed by atoms with Crippen LogP contribution >= 0.6 is 23.2 Å². The van der Waals surface area contributed by atoms with Gasteiger partial charge in [-0.05, 0) is 24.3 Å². The molecule has 0 fully saturated rings. The third kappa shape index (κ3) is 2.48. The van der Waals surface area contributed by atoms with Crippen molar-refractivity contribution in [1.29, 1.82) is 0 Å². The summed E-state index contributed by atoms with van der Waals surface area (Å²) < 4.78 is 5.13. The molecule has 2 aromatic rings. The lowest BCUT2D eigenvalue weighted by atomic mass is 10.1. The fraction of sp³-hybridized carbons (Fsp3) is 0.0667. The summed E-state index contributed by atoms with van der Waals surface area (Å²) in [6.07, 6.45) is 4.75. The Morgan fingerprint density at radius 2 is 1.90 bits per heavy atom. The van der Waals surface area contributed by atoms with Crippen LogP contribution in [0.2, 0.25) is 10.0 Å². The number of nitrogens with zero attached hydrogens (tertiary/aromatic N) is 1. The van der Waals surface area contributed by atoms with Gasteiger partial charge in [-0.3, -0.25) is 9.78 Å². The molecule has 0 atom stereocenters. The first kappa shape index (κ1) is 13.9. The van der Waals surface area contributed by atoms with Crippen LogP contribution in [0.25, 0.3) is 11.8 Å². The average molecular weight is 321 g/mol. The van der Waals surface area contributed by atoms with Crippen molar-refractivity contribution in [3.05, 3.63) is 57.3 Å². The van der Waals surface area contributed by atoms with Gasteiger partial charge in [0, 0.05) is 29.2 Å². The van der Waals surface area contributed by atoms with E-state index in [0.717, 1.165) is 5.56 Å². The van der Waals surface area contributed by atoms with Crippen LogP contribution < -0.4 is 10.1 Å². The van der Waals surface area contributed by atoms with Gasteiger partial charge in [0.15, 0.2) is 0 Å². The van der Waals surface area contributed by atoms with Crippen molar-refractivity contribution >= 4 is 40.9 Å². The maximum absolute atomic E-state index is 12.0. The van der Waals surface area contributed by atoms with Gasteiger partial charge in [-0.25, -0.2) is 0 Å². The SMILES string of the molecule is COc1ccc2c(c1)C(=O)N/C2=C\c1c(Cl)cncc1Cl. The zero-order chi connectivity index (χ0) is 15.0. The summed E-state index contributed by atoms with van der Waals surface area (Å²) in [6.45, 7) is 0. The van der Waals surface area contributed by atoms with Gasteiger partial charge in [0.05, 0.1) is 22.7 Å². The summed E-state index contributed by atoms with van der Waals surface area (Å²) >= 11 is 12.2. The van der Waals surface area contributed by atoms with Crippen molar-refractivity contribution in [2.45, 2.75) is 0 Å². The molecule has 106 valence electrons. The maximum atomic E-state index is 12.0. The highest BCUT2D eigenvalue weighted by Gasteiger charge is 2.24. The summed E-state index contributed by atoms with van der Waals surface area (Å²) in [5.74, 6) is 0.446. The molecule has 2 heterocycles. The molecule has 21 heavy (non-hydrogen) atoms. The van der Waals surface area contributed by atoms with Crippen LogP contribution in [0.4, 0.5) is 0 Å². The van der Waals surface area contributed by atoms with Crippen molar-refractivity contribution < 1.29 is 9.53 Å². The number of halogens is 2. The van der Waals surface area contributed by atoms with Gasteiger partial charge < -0.3 is 10.1 Å². The summed E-state index contributed by atoms with van der Waals surface area (Å²) in [4.78, 5) is 15.9. The second-order valence-corrected chi connectivity index (χ2v) is 5.25. The van der Waals surface area contributed by atoms with E-state index in [1.807, 2.05) is 6.07 Å². The van der Waals surface area contributed by atoms with Gasteiger partial charge in [0.2, 0.25) is 0 Å². The molecule has 0 spiro atoms. The molecule has 1 aromatic carbocycles. The number of methoxy groups -OCH3 is 1. The Morgan fingerprint density at radius 3 is 2.57 bits per heavy atom. The molecule has 6 heteroatoms. The van der Waals surface area contributed by atoms with Crippen molar-refractivity contribution in [2.24, 2.45) is 0 Å². The first-order chi connectivity index (χ1) is 10.1. The lowest BCUT2D eigenvalue weighted by Gasteiger charge is -2.05. The third-order valence-electron chi connectivity index (χ3n) is 3.19. The number of pyridine rings is 1. The van der Waals surface area contributed by atoms with Crippen LogP contribution in [0.3, 0.4) is 0 Å². The number of carbonyl (C=O) groups is 1. The number of rotatable bonds is 2. The molecule has 1 N–H and O–H groups in total. The molecule has 0 bridgehead atoms. The predicted octanol–water partition coefficient (Wildman–Crippen LogP) is 3.64. The topological polar surface area (TPSA) is 51.2 Å². The van der Waals surface area contributed by atoms with Crippen LogP contribution in [0, 0.1) is 0 Å². The molecule has 4 nitrogen and oxygen atoms in total. The Bertz CT molecular complexity index is 752. The Balaban J connectivity index is 2.11. The van der Waals surface area contributed by atoms with Crippen LogP contribution in [0.1, 0.15) is 21.5 Å². The number of carbonyl (C=O) groups excluding carboxylic acids is 1. The predicted molar refractivity (Wildman–Crippen MR) is 82.6 cm³/mol. The first-order valence-corrected chi connectivity index (χ1v) is 6.86. The Kier molecular flexibility index (Phi) is 3.57. The van der Waals surface area contributed by atoms with E-state index in [2.05, 4.69) is 10.3 Å². The lowest BCUT2D eigenvalue weighted by molar-refractivity contribution is 0.0981. The zero-order valence-electron chi connectivity index (χ0n) is 11.0. The molecule has 0 radical (unpaired) electrons. The van der Waals surface area contributed by atoms with Crippen molar-refractivity contribution in [1.82, 2.24) is 10.3 Å². The Labute approximate surface area is 131 Å². The van der Waals surface area contributed by atoms with Crippen LogP contribution in [-0.2, 0) is 0 Å². The van der Waals surface area contributed by atoms with E-state index >= 15 is 0 Å². The average Bonchev–Trinajstić information content (AvgIpc) is 2.79. The van der Waals surface area contributed by atoms with Crippen molar-refractivity contribution in [3.63, 3.8) is 0 Å². The molecule has 1 aromatic heterocycles. The number of hydrogen-bond donors (Lipinski definition) is 1. The number of fused-ring (bicyclic) bond motifs is 1. The molecule has 0 saturated heterocycles. The zero-order valence-corrected chi connectivity index (χ0v) is 12.5. The number of nitrogens with one attached hydrogen (secondary N) is 1. The van der Waals surface area contributed by atoms with Gasteiger partial charge in [0.25, 0.3) is 5.91 Å². The summed E-state index contributed by atoms with van der Waals surface area (Å²) in [7, 11) is 1.56. The highest BCUT2D eigenvalue weighted by atomic mass is 35.5. The molecule has 0 aliphatic carbocycles. The largest absolute Gasteiger partial charge is 0.497 e. The number of benzene rings is 1. The van der Waals surface area contributed by atoms with Crippen LogP contribution in [0.5, 0.6) is 5.75 Å². The van der Waals surface area contributed by atoms with E-state index < -0.39 is 0 Å². The summed E-state index contributed by atoms with van der Waals surface area (Å²) in [5.41, 5.74) is 2.60. The van der Waals surface area contributed by atoms with E-state index in [9.17, 15) is 4.79 Å². The Hall–Kier alpha value is -2.04. The minimum absolute atomic E-state index is 0.184. The number of ether oxygens (including phenoxy) is 1. The minimum atomic E-state index is -0.184. The second kappa shape index (κ2) is 5.39. The highest BCUT2D eigenvalue weighted by Crippen LogP contribution is 2.32. The monoisotopic (exact) mass is 320 g/mol. The number of amides is 1. The molecular weight excluding hydrogens is 311 g/mol. The van der Waals surface area contributed by atoms with E-state index in [-0.39, 0.29) is 5.91 Å². The van der Waals surface area contributed by atoms with Gasteiger partial charge in [-0.2, -0.15) is 0 Å². The van der Waals surface area contributed by atoms with Gasteiger partial charge in [0.1, 0.15) is 5.75 Å². The molecule has 1 aliphatic rings. The molecule has 0 saturated carbocycles. The van der Waals surface area contributed by atoms with E-state index in [0.29, 0.717) is 32.6 Å². The Morgan fingerprint density at radius 1 is 1.19 bits per heavy atom. The number of hydrogen-bond acceptors (Lipinski definition) is 3. The molecule has 0 unspecified atom stereocenters. The van der Waals surface area contributed by atoms with Gasteiger partial charge in [-0.15, -0.1) is 0 Å². The lowest BCUT2D eigenvalue weighted by Crippen LogP contribution is -2.12. The maximum Gasteiger partial charge on any atom is 0.256 e. The summed E-state index contributed by atoms with van der Waals surface area (Å²) in [6, 6.07) is 5.31. The highest BCUT2D eigenvalue weighted by molar-refractivity contribution is 6.37. The molecular formula is C15H10Cl2N2O2. The molecule has 1 amide bonds. The first-order valence-electron chi connectivity index (χ1n) is 6.10. The molecule has 3 rings (SSSR count). The standard InChI is InChI=1S/C15H10Cl2N2O2/c1-21-8-2-3-9-10(4-8)15(20)19-14(9)5-11-12(16)6-18-7-13(11)17/h2-7H,1H3,(H,19,20)/b14-5-. The van der Waals surface area contributed by atoms with Crippen LogP contribution in [-0.4, -0.2) is 18.0 Å². The third-order valence-corrected chi connectivity index (χ3v) is 3.79. The fourth-order valence-electron chi connectivity index (χ4n) is 2.15. The normalized spacial score (nSPS) is 15.0. The second-order valence-electron chi connectivity index (χ2n) is 4.44. The molecule has 1 aliphatic heterocycles. The number of aromatic nitrogens is 1. The van der Waals surface area contributed by atoms with Crippen molar-refractivity contribution in [3.8, 4) is 5.75 Å². The minimum Gasteiger partial charge on any atom is -0.497 e. The van der Waals surface area contributed by atoms with E-state index in [4.69, 9.17) is 27.9 Å². The van der Waals surface area contributed by atoms with Crippen LogP contribution in [0.15, 0.2) is 30.6 Å². The smallest absolute Gasteiger partial charge is 0.256 e. The summed E-state index contributed by atoms with van der Waals surface area (Å²) in [5, 5.41) is 3.65. The van der Waals surface area contributed by atoms with E-state index in [1.165, 1.54) is 12.4 Å². The van der Waals surface area contributed by atoms with E-state index in [1.54, 1.807) is 25.3 Å². The fourth-order valence-corrected chi connectivity index (χ4v) is 2.62. The van der Waals surface area contributed by atoms with Gasteiger partial charge in [-0.1, -0.05) is 23.2 Å².